The molecule has 1 aliphatic rings. The molecule has 0 saturated carbocycles. The summed E-state index contributed by atoms with van der Waals surface area (Å²) in [4.78, 5) is 13.0. The van der Waals surface area contributed by atoms with E-state index in [-0.39, 0.29) is 5.91 Å². The molecule has 2 rings (SSSR count). The van der Waals surface area contributed by atoms with Crippen molar-refractivity contribution in [2.75, 3.05) is 13.1 Å². The van der Waals surface area contributed by atoms with Crippen LogP contribution in [0.3, 0.4) is 0 Å². The van der Waals surface area contributed by atoms with Gasteiger partial charge in [0, 0.05) is 13.0 Å². The summed E-state index contributed by atoms with van der Waals surface area (Å²) >= 11 is 1.41. The van der Waals surface area contributed by atoms with Gasteiger partial charge in [0.05, 0.1) is 6.54 Å². The van der Waals surface area contributed by atoms with E-state index in [4.69, 9.17) is 0 Å². The smallest absolute Gasteiger partial charge is 0.223 e. The van der Waals surface area contributed by atoms with Crippen LogP contribution in [-0.2, 0) is 4.79 Å². The molecule has 0 atom stereocenters. The van der Waals surface area contributed by atoms with Gasteiger partial charge in [0.1, 0.15) is 5.51 Å². The molecule has 2 heterocycles. The number of amides is 1. The normalized spacial score (nSPS) is 15.4. The van der Waals surface area contributed by atoms with Crippen molar-refractivity contribution in [2.24, 2.45) is 0 Å². The van der Waals surface area contributed by atoms with Gasteiger partial charge in [-0.2, -0.15) is 0 Å². The average molecular weight is 207 g/mol. The zero-order valence-corrected chi connectivity index (χ0v) is 8.38. The van der Waals surface area contributed by atoms with Crippen LogP contribution in [0.15, 0.2) is 5.51 Å². The lowest BCUT2D eigenvalue weighted by molar-refractivity contribution is -0.127. The number of carbonyl (C=O) groups excluding carboxylic acids is 1. The van der Waals surface area contributed by atoms with Crippen molar-refractivity contribution < 1.29 is 4.79 Å². The van der Waals surface area contributed by atoms with Crippen molar-refractivity contribution in [3.05, 3.63) is 10.5 Å². The summed E-state index contributed by atoms with van der Waals surface area (Å²) in [7, 11) is 0. The third-order valence-corrected chi connectivity index (χ3v) is 2.60. The van der Waals surface area contributed by atoms with Crippen LogP contribution in [0.2, 0.25) is 0 Å². The van der Waals surface area contributed by atoms with Gasteiger partial charge < -0.3 is 4.90 Å². The fourth-order valence-electron chi connectivity index (χ4n) is 1.31. The Labute approximate surface area is 85.9 Å². The summed E-state index contributed by atoms with van der Waals surface area (Å²) in [6.07, 6.45) is 1.62. The standard InChI is InChI=1S/C9H9N3OS/c13-9-4-2-6-12(9)5-1-3-8-11-10-7-14-8/h7H,2,4-6H2. The number of likely N-dealkylation sites (tertiary alicyclic amines) is 1. The Kier molecular flexibility index (Phi) is 2.75. The third-order valence-electron chi connectivity index (χ3n) is 2.00. The summed E-state index contributed by atoms with van der Waals surface area (Å²) in [5.74, 6) is 6.00. The van der Waals surface area contributed by atoms with Crippen LogP contribution in [0.5, 0.6) is 0 Å². The molecular weight excluding hydrogens is 198 g/mol. The van der Waals surface area contributed by atoms with E-state index in [1.807, 2.05) is 0 Å². The van der Waals surface area contributed by atoms with Gasteiger partial charge in [0.25, 0.3) is 0 Å². The molecule has 0 aliphatic carbocycles. The molecule has 0 bridgehead atoms. The highest BCUT2D eigenvalue weighted by Crippen LogP contribution is 2.08. The van der Waals surface area contributed by atoms with Crippen molar-refractivity contribution in [3.63, 3.8) is 0 Å². The van der Waals surface area contributed by atoms with Gasteiger partial charge in [-0.3, -0.25) is 4.79 Å². The SMILES string of the molecule is O=C1CCCN1CC#Cc1nncs1. The molecule has 14 heavy (non-hydrogen) atoms. The zero-order chi connectivity index (χ0) is 9.80. The maximum absolute atomic E-state index is 11.2. The minimum Gasteiger partial charge on any atom is -0.332 e. The molecule has 4 nitrogen and oxygen atoms in total. The number of aromatic nitrogens is 2. The molecule has 5 heteroatoms. The predicted molar refractivity (Wildman–Crippen MR) is 52.6 cm³/mol. The molecule has 1 saturated heterocycles. The second-order valence-corrected chi connectivity index (χ2v) is 3.80. The van der Waals surface area contributed by atoms with Crippen molar-refractivity contribution in [1.82, 2.24) is 15.1 Å². The van der Waals surface area contributed by atoms with E-state index in [1.165, 1.54) is 11.3 Å². The molecule has 0 unspecified atom stereocenters. The second kappa shape index (κ2) is 4.20. The number of rotatable bonds is 1. The van der Waals surface area contributed by atoms with E-state index in [1.54, 1.807) is 10.4 Å². The molecule has 0 radical (unpaired) electrons. The van der Waals surface area contributed by atoms with Crippen LogP contribution in [0, 0.1) is 11.8 Å². The summed E-state index contributed by atoms with van der Waals surface area (Å²) in [6.45, 7) is 1.35. The Morgan fingerprint density at radius 2 is 2.57 bits per heavy atom. The van der Waals surface area contributed by atoms with Crippen LogP contribution >= 0.6 is 11.3 Å². The lowest BCUT2D eigenvalue weighted by atomic mass is 10.4. The second-order valence-electron chi connectivity index (χ2n) is 2.96. The Morgan fingerprint density at radius 3 is 3.21 bits per heavy atom. The predicted octanol–water partition coefficient (Wildman–Crippen LogP) is 0.512. The van der Waals surface area contributed by atoms with Gasteiger partial charge in [-0.25, -0.2) is 0 Å². The van der Waals surface area contributed by atoms with Gasteiger partial charge >= 0.3 is 0 Å². The molecule has 1 aromatic rings. The van der Waals surface area contributed by atoms with Crippen molar-refractivity contribution in [3.8, 4) is 11.8 Å². The molecule has 0 aromatic carbocycles. The minimum absolute atomic E-state index is 0.205. The quantitative estimate of drug-likeness (QED) is 0.630. The molecule has 1 aliphatic heterocycles. The number of hydrogen-bond acceptors (Lipinski definition) is 4. The minimum atomic E-state index is 0.205. The van der Waals surface area contributed by atoms with Crippen molar-refractivity contribution in [2.45, 2.75) is 12.8 Å². The van der Waals surface area contributed by atoms with Crippen LogP contribution < -0.4 is 0 Å². The van der Waals surface area contributed by atoms with Crippen LogP contribution in [-0.4, -0.2) is 34.1 Å². The molecule has 1 amide bonds. The van der Waals surface area contributed by atoms with Gasteiger partial charge in [-0.05, 0) is 12.3 Å². The first-order chi connectivity index (χ1) is 6.86. The Morgan fingerprint density at radius 1 is 1.64 bits per heavy atom. The summed E-state index contributed by atoms with van der Waals surface area (Å²) in [5, 5.41) is 8.17. The summed E-state index contributed by atoms with van der Waals surface area (Å²) in [5.41, 5.74) is 1.64. The number of nitrogens with zero attached hydrogens (tertiary/aromatic N) is 3. The fraction of sp³-hybridized carbons (Fsp3) is 0.444. The topological polar surface area (TPSA) is 46.1 Å². The third kappa shape index (κ3) is 2.09. The first kappa shape index (κ1) is 9.16. The maximum atomic E-state index is 11.2. The monoisotopic (exact) mass is 207 g/mol. The molecule has 1 fully saturated rings. The zero-order valence-electron chi connectivity index (χ0n) is 7.56. The number of carbonyl (C=O) groups is 1. The van der Waals surface area contributed by atoms with Gasteiger partial charge in [-0.1, -0.05) is 17.3 Å². The van der Waals surface area contributed by atoms with E-state index < -0.39 is 0 Å². The Hall–Kier alpha value is -1.41. The largest absolute Gasteiger partial charge is 0.332 e. The molecule has 0 N–H and O–H groups in total. The Bertz CT molecular complexity index is 377. The fourth-order valence-corrected chi connectivity index (χ4v) is 1.73. The maximum Gasteiger partial charge on any atom is 0.223 e. The summed E-state index contributed by atoms with van der Waals surface area (Å²) in [6, 6.07) is 0. The molecule has 72 valence electrons. The van der Waals surface area contributed by atoms with Crippen molar-refractivity contribution >= 4 is 17.2 Å². The van der Waals surface area contributed by atoms with Gasteiger partial charge in [0.15, 0.2) is 5.01 Å². The first-order valence-electron chi connectivity index (χ1n) is 4.39. The van der Waals surface area contributed by atoms with E-state index in [0.717, 1.165) is 13.0 Å². The van der Waals surface area contributed by atoms with E-state index in [0.29, 0.717) is 18.0 Å². The van der Waals surface area contributed by atoms with E-state index >= 15 is 0 Å². The van der Waals surface area contributed by atoms with Crippen molar-refractivity contribution in [1.29, 1.82) is 0 Å². The summed E-state index contributed by atoms with van der Waals surface area (Å²) < 4.78 is 0. The van der Waals surface area contributed by atoms with Crippen LogP contribution in [0.25, 0.3) is 0 Å². The molecular formula is C9H9N3OS. The van der Waals surface area contributed by atoms with Gasteiger partial charge in [-0.15, -0.1) is 10.2 Å². The van der Waals surface area contributed by atoms with E-state index in [2.05, 4.69) is 22.0 Å². The number of hydrogen-bond donors (Lipinski definition) is 0. The Balaban J connectivity index is 1.90. The van der Waals surface area contributed by atoms with Gasteiger partial charge in [0.2, 0.25) is 5.91 Å². The highest BCUT2D eigenvalue weighted by molar-refractivity contribution is 7.09. The van der Waals surface area contributed by atoms with Crippen LogP contribution in [0.1, 0.15) is 17.8 Å². The highest BCUT2D eigenvalue weighted by Gasteiger charge is 2.18. The molecule has 0 spiro atoms. The lowest BCUT2D eigenvalue weighted by Gasteiger charge is -2.09. The van der Waals surface area contributed by atoms with E-state index in [9.17, 15) is 4.79 Å². The highest BCUT2D eigenvalue weighted by atomic mass is 32.1. The average Bonchev–Trinajstić information content (AvgIpc) is 2.78. The molecule has 1 aromatic heterocycles. The lowest BCUT2D eigenvalue weighted by Crippen LogP contribution is -2.24. The van der Waals surface area contributed by atoms with Crippen LogP contribution in [0.4, 0.5) is 0 Å². The first-order valence-corrected chi connectivity index (χ1v) is 5.27.